The summed E-state index contributed by atoms with van der Waals surface area (Å²) < 4.78 is 18.3. The lowest BCUT2D eigenvalue weighted by atomic mass is 10.0. The van der Waals surface area contributed by atoms with Crippen LogP contribution in [-0.2, 0) is 14.3 Å². The van der Waals surface area contributed by atoms with Crippen molar-refractivity contribution < 1.29 is 18.8 Å². The SMILES string of the molecule is Cc1ccc(-c2c(C)noc2C)cc1N(CCCCCCCOCC(=O)OC(C)(C)C)c1ccc(-n2ccnc2)cc1. The molecule has 0 atom stereocenters. The van der Waals surface area contributed by atoms with Gasteiger partial charge in [0.1, 0.15) is 18.0 Å². The maximum atomic E-state index is 11.8. The maximum absolute atomic E-state index is 11.8. The van der Waals surface area contributed by atoms with Crippen LogP contribution in [0.4, 0.5) is 11.4 Å². The lowest BCUT2D eigenvalue weighted by Gasteiger charge is -2.28. The molecule has 0 saturated heterocycles. The van der Waals surface area contributed by atoms with Crippen LogP contribution < -0.4 is 4.90 Å². The van der Waals surface area contributed by atoms with E-state index in [0.717, 1.165) is 72.6 Å². The van der Waals surface area contributed by atoms with Gasteiger partial charge in [0.15, 0.2) is 0 Å². The Morgan fingerprint density at radius 2 is 1.71 bits per heavy atom. The molecule has 8 heteroatoms. The van der Waals surface area contributed by atoms with Gasteiger partial charge in [0.05, 0.1) is 12.0 Å². The number of hydrogen-bond acceptors (Lipinski definition) is 7. The topological polar surface area (TPSA) is 82.6 Å². The summed E-state index contributed by atoms with van der Waals surface area (Å²) in [5.74, 6) is 0.517. The Hall–Kier alpha value is -3.91. The van der Waals surface area contributed by atoms with E-state index in [-0.39, 0.29) is 12.6 Å². The normalized spacial score (nSPS) is 11.6. The molecule has 2 aromatic carbocycles. The monoisotopic (exact) mass is 572 g/mol. The molecule has 0 fully saturated rings. The number of aryl methyl sites for hydroxylation is 3. The number of unbranched alkanes of at least 4 members (excludes halogenated alkanes) is 4. The average molecular weight is 573 g/mol. The van der Waals surface area contributed by atoms with E-state index in [2.05, 4.69) is 64.4 Å². The molecular weight excluding hydrogens is 528 g/mol. The molecule has 224 valence electrons. The summed E-state index contributed by atoms with van der Waals surface area (Å²) in [6.45, 7) is 13.2. The number of carbonyl (C=O) groups is 1. The molecule has 0 N–H and O–H groups in total. The van der Waals surface area contributed by atoms with E-state index < -0.39 is 5.60 Å². The number of ether oxygens (including phenoxy) is 2. The molecule has 0 spiro atoms. The standard InChI is InChI=1S/C34H44N4O4/c1-25-12-13-28(33-26(2)36-42-27(33)3)22-31(25)38(30-16-14-29(15-17-30)37-20-18-35-24-37)19-10-8-7-9-11-21-40-23-32(39)41-34(4,5)6/h12-18,20,22,24H,7-11,19,21,23H2,1-6H3. The molecule has 0 bridgehead atoms. The predicted octanol–water partition coefficient (Wildman–Crippen LogP) is 7.90. The molecule has 4 aromatic rings. The highest BCUT2D eigenvalue weighted by atomic mass is 16.6. The summed E-state index contributed by atoms with van der Waals surface area (Å²) in [5, 5.41) is 4.17. The number of imidazole rings is 1. The van der Waals surface area contributed by atoms with Crippen LogP contribution in [-0.4, -0.2) is 46.0 Å². The Balaban J connectivity index is 1.39. The minimum absolute atomic E-state index is 0.0121. The quantitative estimate of drug-likeness (QED) is 0.112. The van der Waals surface area contributed by atoms with Gasteiger partial charge in [0, 0.05) is 48.2 Å². The zero-order valence-corrected chi connectivity index (χ0v) is 25.9. The summed E-state index contributed by atoms with van der Waals surface area (Å²) in [5.41, 5.74) is 7.20. The number of aromatic nitrogens is 3. The third-order valence-electron chi connectivity index (χ3n) is 7.10. The Kier molecular flexibility index (Phi) is 10.6. The second-order valence-corrected chi connectivity index (χ2v) is 11.7. The number of rotatable bonds is 14. The summed E-state index contributed by atoms with van der Waals surface area (Å²) in [4.78, 5) is 18.4. The molecule has 2 aromatic heterocycles. The third kappa shape index (κ3) is 8.55. The minimum Gasteiger partial charge on any atom is -0.458 e. The number of nitrogens with zero attached hydrogens (tertiary/aromatic N) is 4. The molecule has 8 nitrogen and oxygen atoms in total. The van der Waals surface area contributed by atoms with Crippen LogP contribution >= 0.6 is 0 Å². The molecule has 0 aliphatic rings. The first-order valence-electron chi connectivity index (χ1n) is 14.8. The first-order chi connectivity index (χ1) is 20.1. The molecule has 0 saturated carbocycles. The van der Waals surface area contributed by atoms with Crippen LogP contribution in [0.15, 0.2) is 65.7 Å². The van der Waals surface area contributed by atoms with Crippen LogP contribution in [0.1, 0.15) is 69.9 Å². The Labute approximate surface area is 249 Å². The van der Waals surface area contributed by atoms with E-state index >= 15 is 0 Å². The van der Waals surface area contributed by atoms with Crippen LogP contribution in [0.25, 0.3) is 16.8 Å². The van der Waals surface area contributed by atoms with Gasteiger partial charge < -0.3 is 23.5 Å². The average Bonchev–Trinajstić information content (AvgIpc) is 3.60. The Bertz CT molecular complexity index is 1400. The first kappa shape index (κ1) is 31.0. The fraction of sp³-hybridized carbons (Fsp3) is 0.441. The van der Waals surface area contributed by atoms with E-state index in [1.807, 2.05) is 51.7 Å². The van der Waals surface area contributed by atoms with Gasteiger partial charge in [-0.05, 0) is 95.8 Å². The number of benzene rings is 2. The molecule has 0 amide bonds. The number of hydrogen-bond donors (Lipinski definition) is 0. The van der Waals surface area contributed by atoms with E-state index in [0.29, 0.717) is 6.61 Å². The van der Waals surface area contributed by atoms with Crippen molar-refractivity contribution in [1.29, 1.82) is 0 Å². The van der Waals surface area contributed by atoms with Crippen molar-refractivity contribution >= 4 is 17.3 Å². The van der Waals surface area contributed by atoms with Crippen molar-refractivity contribution in [3.05, 3.63) is 78.2 Å². The summed E-state index contributed by atoms with van der Waals surface area (Å²) in [6.07, 6.45) is 10.8. The third-order valence-corrected chi connectivity index (χ3v) is 7.10. The highest BCUT2D eigenvalue weighted by Gasteiger charge is 2.18. The van der Waals surface area contributed by atoms with Crippen LogP contribution in [0.5, 0.6) is 0 Å². The zero-order valence-electron chi connectivity index (χ0n) is 25.9. The highest BCUT2D eigenvalue weighted by molar-refractivity contribution is 5.76. The second kappa shape index (κ2) is 14.3. The van der Waals surface area contributed by atoms with E-state index in [1.165, 1.54) is 11.3 Å². The summed E-state index contributed by atoms with van der Waals surface area (Å²) >= 11 is 0. The Morgan fingerprint density at radius 3 is 2.38 bits per heavy atom. The van der Waals surface area contributed by atoms with E-state index in [4.69, 9.17) is 14.0 Å². The Morgan fingerprint density at radius 1 is 0.976 bits per heavy atom. The summed E-state index contributed by atoms with van der Waals surface area (Å²) in [7, 11) is 0. The highest BCUT2D eigenvalue weighted by Crippen LogP contribution is 2.35. The molecule has 2 heterocycles. The van der Waals surface area contributed by atoms with Gasteiger partial charge in [0.25, 0.3) is 0 Å². The molecule has 4 rings (SSSR count). The lowest BCUT2D eigenvalue weighted by molar-refractivity contribution is -0.160. The number of anilines is 2. The van der Waals surface area contributed by atoms with Gasteiger partial charge in [-0.25, -0.2) is 9.78 Å². The predicted molar refractivity (Wildman–Crippen MR) is 166 cm³/mol. The van der Waals surface area contributed by atoms with Gasteiger partial charge >= 0.3 is 5.97 Å². The molecule has 42 heavy (non-hydrogen) atoms. The molecule has 0 unspecified atom stereocenters. The van der Waals surface area contributed by atoms with Crippen LogP contribution in [0.2, 0.25) is 0 Å². The van der Waals surface area contributed by atoms with Crippen molar-refractivity contribution in [2.45, 2.75) is 79.2 Å². The molecule has 0 aliphatic carbocycles. The maximum Gasteiger partial charge on any atom is 0.332 e. The van der Waals surface area contributed by atoms with Crippen LogP contribution in [0.3, 0.4) is 0 Å². The number of carbonyl (C=O) groups excluding carboxylic acids is 1. The molecular formula is C34H44N4O4. The van der Waals surface area contributed by atoms with E-state index in [1.54, 1.807) is 6.20 Å². The molecule has 0 radical (unpaired) electrons. The first-order valence-corrected chi connectivity index (χ1v) is 14.8. The molecule has 0 aliphatic heterocycles. The largest absolute Gasteiger partial charge is 0.458 e. The van der Waals surface area contributed by atoms with Crippen molar-refractivity contribution in [2.75, 3.05) is 24.7 Å². The minimum atomic E-state index is -0.482. The van der Waals surface area contributed by atoms with Gasteiger partial charge in [-0.15, -0.1) is 0 Å². The van der Waals surface area contributed by atoms with Crippen molar-refractivity contribution in [3.8, 4) is 16.8 Å². The van der Waals surface area contributed by atoms with Gasteiger partial charge in [0.2, 0.25) is 0 Å². The zero-order chi connectivity index (χ0) is 30.1. The van der Waals surface area contributed by atoms with E-state index in [9.17, 15) is 4.79 Å². The van der Waals surface area contributed by atoms with Gasteiger partial charge in [-0.1, -0.05) is 36.6 Å². The fourth-order valence-electron chi connectivity index (χ4n) is 5.09. The lowest BCUT2D eigenvalue weighted by Crippen LogP contribution is -2.26. The number of esters is 1. The van der Waals surface area contributed by atoms with Gasteiger partial charge in [-0.3, -0.25) is 0 Å². The van der Waals surface area contributed by atoms with Crippen molar-refractivity contribution in [2.24, 2.45) is 0 Å². The van der Waals surface area contributed by atoms with Crippen molar-refractivity contribution in [3.63, 3.8) is 0 Å². The summed E-state index contributed by atoms with van der Waals surface area (Å²) in [6, 6.07) is 15.2. The smallest absolute Gasteiger partial charge is 0.332 e. The fourth-order valence-corrected chi connectivity index (χ4v) is 5.09. The van der Waals surface area contributed by atoms with Gasteiger partial charge in [-0.2, -0.15) is 0 Å². The van der Waals surface area contributed by atoms with Crippen LogP contribution in [0, 0.1) is 20.8 Å². The second-order valence-electron chi connectivity index (χ2n) is 11.7. The van der Waals surface area contributed by atoms with Crippen molar-refractivity contribution in [1.82, 2.24) is 14.7 Å².